The molecule has 0 saturated heterocycles. The molecule has 0 unspecified atom stereocenters. The zero-order valence-corrected chi connectivity index (χ0v) is 12.4. The van der Waals surface area contributed by atoms with Gasteiger partial charge in [0.15, 0.2) is 0 Å². The minimum Gasteiger partial charge on any atom is -0.438 e. The zero-order valence-electron chi connectivity index (χ0n) is 11.5. The van der Waals surface area contributed by atoms with Crippen LogP contribution in [0.1, 0.15) is 13.8 Å². The molecule has 0 rings (SSSR count). The van der Waals surface area contributed by atoms with Gasteiger partial charge in [0.05, 0.1) is 20.3 Å². The second kappa shape index (κ2) is 9.54. The second-order valence-electron chi connectivity index (χ2n) is 3.29. The van der Waals surface area contributed by atoms with E-state index in [2.05, 4.69) is 28.0 Å². The number of carbonyl (C=O) groups excluding carboxylic acids is 2. The Bertz CT molecular complexity index is 329. The average Bonchev–Trinajstić information content (AvgIpc) is 2.37. The van der Waals surface area contributed by atoms with Gasteiger partial charge in [-0.3, -0.25) is 4.52 Å². The first kappa shape index (κ1) is 18.7. The molecule has 0 amide bonds. The molecule has 0 fully saturated rings. The first-order valence-corrected chi connectivity index (χ1v) is 6.78. The first-order valence-electron chi connectivity index (χ1n) is 5.32. The SMILES string of the molecule is COC(=O)OCOP(=O)(OCOC(=O)OC)OC(C)C. The normalized spacial score (nSPS) is 11.1. The van der Waals surface area contributed by atoms with Crippen molar-refractivity contribution in [3.63, 3.8) is 0 Å². The van der Waals surface area contributed by atoms with E-state index in [-0.39, 0.29) is 0 Å². The molecule has 0 bridgehead atoms. The standard InChI is InChI=1S/C9H17O10P/c1-7(2)19-20(12,17-5-15-8(10)13-3)18-6-16-9(11)14-4/h7H,5-6H2,1-4H3. The maximum Gasteiger partial charge on any atom is 0.510 e. The minimum absolute atomic E-state index is 0.517. The van der Waals surface area contributed by atoms with Gasteiger partial charge in [-0.05, 0) is 13.8 Å². The molecule has 0 N–H and O–H groups in total. The summed E-state index contributed by atoms with van der Waals surface area (Å²) < 4.78 is 43.4. The topological polar surface area (TPSA) is 116 Å². The summed E-state index contributed by atoms with van der Waals surface area (Å²) in [4.78, 5) is 21.4. The van der Waals surface area contributed by atoms with Gasteiger partial charge in [-0.1, -0.05) is 0 Å². The van der Waals surface area contributed by atoms with Crippen molar-refractivity contribution in [2.24, 2.45) is 0 Å². The Morgan fingerprint density at radius 2 is 1.35 bits per heavy atom. The highest BCUT2D eigenvalue weighted by Gasteiger charge is 2.30. The van der Waals surface area contributed by atoms with E-state index >= 15 is 0 Å². The Labute approximate surface area is 115 Å². The van der Waals surface area contributed by atoms with E-state index in [0.29, 0.717) is 0 Å². The van der Waals surface area contributed by atoms with Gasteiger partial charge in [0.2, 0.25) is 13.6 Å². The van der Waals surface area contributed by atoms with E-state index in [9.17, 15) is 14.2 Å². The summed E-state index contributed by atoms with van der Waals surface area (Å²) in [6.45, 7) is 1.69. The third-order valence-electron chi connectivity index (χ3n) is 1.45. The molecule has 0 atom stereocenters. The average molecular weight is 316 g/mol. The highest BCUT2D eigenvalue weighted by molar-refractivity contribution is 7.48. The molecule has 10 nitrogen and oxygen atoms in total. The van der Waals surface area contributed by atoms with Gasteiger partial charge in [0.1, 0.15) is 0 Å². The Balaban J connectivity index is 4.31. The van der Waals surface area contributed by atoms with Crippen LogP contribution in [-0.4, -0.2) is 46.2 Å². The number of carbonyl (C=O) groups is 2. The van der Waals surface area contributed by atoms with E-state index in [1.54, 1.807) is 13.8 Å². The highest BCUT2D eigenvalue weighted by Crippen LogP contribution is 2.50. The Morgan fingerprint density at radius 1 is 0.950 bits per heavy atom. The fraction of sp³-hybridized carbons (Fsp3) is 0.778. The van der Waals surface area contributed by atoms with Crippen LogP contribution in [0.4, 0.5) is 9.59 Å². The lowest BCUT2D eigenvalue weighted by Crippen LogP contribution is -2.13. The van der Waals surface area contributed by atoms with Crippen LogP contribution in [0.2, 0.25) is 0 Å². The van der Waals surface area contributed by atoms with Crippen molar-refractivity contribution < 1.29 is 46.7 Å². The van der Waals surface area contributed by atoms with Crippen molar-refractivity contribution in [2.45, 2.75) is 20.0 Å². The summed E-state index contributed by atoms with van der Waals surface area (Å²) in [5.41, 5.74) is 0. The molecule has 0 aromatic rings. The van der Waals surface area contributed by atoms with E-state index in [4.69, 9.17) is 4.52 Å². The van der Waals surface area contributed by atoms with E-state index < -0.39 is 39.8 Å². The van der Waals surface area contributed by atoms with Crippen LogP contribution in [0.25, 0.3) is 0 Å². The molecule has 118 valence electrons. The predicted molar refractivity (Wildman–Crippen MR) is 62.7 cm³/mol. The zero-order chi connectivity index (χ0) is 15.6. The summed E-state index contributed by atoms with van der Waals surface area (Å²) in [6, 6.07) is 0. The van der Waals surface area contributed by atoms with Crippen LogP contribution in [0.15, 0.2) is 0 Å². The molecule has 20 heavy (non-hydrogen) atoms. The minimum atomic E-state index is -4.07. The largest absolute Gasteiger partial charge is 0.510 e. The van der Waals surface area contributed by atoms with Crippen molar-refractivity contribution >= 4 is 20.1 Å². The van der Waals surface area contributed by atoms with Crippen LogP contribution < -0.4 is 0 Å². The summed E-state index contributed by atoms with van der Waals surface area (Å²) in [5.74, 6) is 0. The van der Waals surface area contributed by atoms with Gasteiger partial charge < -0.3 is 18.9 Å². The third-order valence-corrected chi connectivity index (χ3v) is 2.97. The third kappa shape index (κ3) is 8.70. The molecule has 0 radical (unpaired) electrons. The van der Waals surface area contributed by atoms with Gasteiger partial charge in [-0.15, -0.1) is 0 Å². The monoisotopic (exact) mass is 316 g/mol. The molecular formula is C9H17O10P. The van der Waals surface area contributed by atoms with Crippen LogP contribution in [0.3, 0.4) is 0 Å². The van der Waals surface area contributed by atoms with Crippen LogP contribution in [-0.2, 0) is 37.1 Å². The van der Waals surface area contributed by atoms with Gasteiger partial charge in [-0.2, -0.15) is 0 Å². The van der Waals surface area contributed by atoms with Crippen molar-refractivity contribution in [3.05, 3.63) is 0 Å². The molecule has 11 heteroatoms. The summed E-state index contributed by atoms with van der Waals surface area (Å²) in [5, 5.41) is 0. The molecule has 0 aliphatic carbocycles. The molecule has 0 aromatic heterocycles. The summed E-state index contributed by atoms with van der Waals surface area (Å²) in [7, 11) is -1.89. The highest BCUT2D eigenvalue weighted by atomic mass is 31.2. The lowest BCUT2D eigenvalue weighted by molar-refractivity contribution is -0.0370. The number of rotatable bonds is 8. The van der Waals surface area contributed by atoms with Crippen LogP contribution in [0, 0.1) is 0 Å². The molecule has 0 heterocycles. The summed E-state index contributed by atoms with van der Waals surface area (Å²) >= 11 is 0. The van der Waals surface area contributed by atoms with Crippen molar-refractivity contribution in [3.8, 4) is 0 Å². The van der Waals surface area contributed by atoms with Gasteiger partial charge in [-0.25, -0.2) is 23.2 Å². The number of phosphoric ester groups is 1. The van der Waals surface area contributed by atoms with Crippen molar-refractivity contribution in [1.29, 1.82) is 0 Å². The van der Waals surface area contributed by atoms with Gasteiger partial charge in [0, 0.05) is 0 Å². The Morgan fingerprint density at radius 3 is 1.65 bits per heavy atom. The van der Waals surface area contributed by atoms with E-state index in [1.807, 2.05) is 0 Å². The molecular weight excluding hydrogens is 299 g/mol. The van der Waals surface area contributed by atoms with E-state index in [0.717, 1.165) is 14.2 Å². The maximum absolute atomic E-state index is 12.0. The fourth-order valence-electron chi connectivity index (χ4n) is 0.752. The second-order valence-corrected chi connectivity index (χ2v) is 4.91. The lowest BCUT2D eigenvalue weighted by atomic mass is 10.5. The van der Waals surface area contributed by atoms with E-state index in [1.165, 1.54) is 0 Å². The van der Waals surface area contributed by atoms with Crippen LogP contribution >= 0.6 is 7.82 Å². The molecule has 0 spiro atoms. The van der Waals surface area contributed by atoms with Gasteiger partial charge in [0.25, 0.3) is 0 Å². The molecule has 0 saturated carbocycles. The number of hydrogen-bond acceptors (Lipinski definition) is 10. The number of methoxy groups -OCH3 is 2. The quantitative estimate of drug-likeness (QED) is 0.374. The lowest BCUT2D eigenvalue weighted by Gasteiger charge is -2.19. The molecule has 0 aromatic carbocycles. The Kier molecular flexibility index (Phi) is 8.89. The smallest absolute Gasteiger partial charge is 0.438 e. The predicted octanol–water partition coefficient (Wildman–Crippen LogP) is 2.03. The number of phosphoric acid groups is 1. The van der Waals surface area contributed by atoms with Crippen molar-refractivity contribution in [1.82, 2.24) is 0 Å². The molecule has 0 aliphatic rings. The Hall–Kier alpha value is -1.35. The number of hydrogen-bond donors (Lipinski definition) is 0. The molecule has 0 aliphatic heterocycles. The summed E-state index contributed by atoms with van der Waals surface area (Å²) in [6.07, 6.45) is -2.59. The van der Waals surface area contributed by atoms with Gasteiger partial charge >= 0.3 is 20.1 Å². The number of ether oxygens (including phenoxy) is 4. The van der Waals surface area contributed by atoms with Crippen LogP contribution in [0.5, 0.6) is 0 Å². The van der Waals surface area contributed by atoms with Crippen molar-refractivity contribution in [2.75, 3.05) is 27.8 Å². The maximum atomic E-state index is 12.0. The fourth-order valence-corrected chi connectivity index (χ4v) is 1.83. The first-order chi connectivity index (χ1) is 9.33.